The van der Waals surface area contributed by atoms with Gasteiger partial charge < -0.3 is 5.73 Å². The molecule has 1 saturated carbocycles. The monoisotopic (exact) mass is 251 g/mol. The molecular formula is C15H25NS. The average molecular weight is 251 g/mol. The molecule has 1 unspecified atom stereocenters. The van der Waals surface area contributed by atoms with Crippen LogP contribution < -0.4 is 5.73 Å². The second-order valence-electron chi connectivity index (χ2n) is 5.75. The molecule has 17 heavy (non-hydrogen) atoms. The molecule has 1 aliphatic carbocycles. The van der Waals surface area contributed by atoms with Gasteiger partial charge in [0.2, 0.25) is 0 Å². The highest BCUT2D eigenvalue weighted by Gasteiger charge is 2.33. The largest absolute Gasteiger partial charge is 0.327 e. The van der Waals surface area contributed by atoms with Gasteiger partial charge in [0.25, 0.3) is 0 Å². The zero-order chi connectivity index (χ0) is 12.3. The Morgan fingerprint density at radius 2 is 1.88 bits per heavy atom. The van der Waals surface area contributed by atoms with Crippen LogP contribution in [0.5, 0.6) is 0 Å². The molecule has 1 aromatic heterocycles. The van der Waals surface area contributed by atoms with Gasteiger partial charge in [0, 0.05) is 15.8 Å². The molecule has 0 spiro atoms. The minimum absolute atomic E-state index is 0.339. The summed E-state index contributed by atoms with van der Waals surface area (Å²) in [6.45, 7) is 4.61. The van der Waals surface area contributed by atoms with Gasteiger partial charge in [0.1, 0.15) is 0 Å². The quantitative estimate of drug-likeness (QED) is 0.854. The second kappa shape index (κ2) is 5.53. The predicted octanol–water partition coefficient (Wildman–Crippen LogP) is 4.15. The van der Waals surface area contributed by atoms with Crippen LogP contribution in [0.2, 0.25) is 0 Å². The van der Waals surface area contributed by atoms with E-state index in [4.69, 9.17) is 5.73 Å². The van der Waals surface area contributed by atoms with Gasteiger partial charge in [0.15, 0.2) is 0 Å². The first-order valence-corrected chi connectivity index (χ1v) is 7.79. The molecule has 1 fully saturated rings. The highest BCUT2D eigenvalue weighted by atomic mass is 32.1. The first-order chi connectivity index (χ1) is 8.14. The first kappa shape index (κ1) is 13.1. The zero-order valence-electron chi connectivity index (χ0n) is 11.2. The van der Waals surface area contributed by atoms with Crippen molar-refractivity contribution in [1.29, 1.82) is 0 Å². The summed E-state index contributed by atoms with van der Waals surface area (Å²) in [5.41, 5.74) is 6.86. The highest BCUT2D eigenvalue weighted by Crippen LogP contribution is 2.39. The van der Waals surface area contributed by atoms with E-state index in [-0.39, 0.29) is 0 Å². The summed E-state index contributed by atoms with van der Waals surface area (Å²) in [7, 11) is 0. The summed E-state index contributed by atoms with van der Waals surface area (Å²) in [6, 6.07) is 4.87. The number of thiophene rings is 1. The van der Waals surface area contributed by atoms with Crippen LogP contribution in [0.4, 0.5) is 0 Å². The van der Waals surface area contributed by atoms with E-state index in [1.54, 1.807) is 0 Å². The molecule has 0 amide bonds. The van der Waals surface area contributed by atoms with Crippen LogP contribution in [0.15, 0.2) is 12.1 Å². The van der Waals surface area contributed by atoms with Crippen LogP contribution in [0.1, 0.15) is 55.7 Å². The summed E-state index contributed by atoms with van der Waals surface area (Å²) in [5.74, 6) is 0. The van der Waals surface area contributed by atoms with Crippen molar-refractivity contribution in [2.24, 2.45) is 11.1 Å². The summed E-state index contributed by atoms with van der Waals surface area (Å²) in [5, 5.41) is 0. The maximum atomic E-state index is 6.47. The number of aryl methyl sites for hydroxylation is 1. The fourth-order valence-electron chi connectivity index (χ4n) is 2.92. The van der Waals surface area contributed by atoms with Gasteiger partial charge in [-0.2, -0.15) is 0 Å². The smallest absolute Gasteiger partial charge is 0.0141 e. The molecule has 1 aliphatic rings. The van der Waals surface area contributed by atoms with Gasteiger partial charge in [-0.15, -0.1) is 11.3 Å². The highest BCUT2D eigenvalue weighted by molar-refractivity contribution is 7.11. The Hall–Kier alpha value is -0.340. The summed E-state index contributed by atoms with van der Waals surface area (Å²) in [4.78, 5) is 2.96. The minimum Gasteiger partial charge on any atom is -0.327 e. The summed E-state index contributed by atoms with van der Waals surface area (Å²) in [6.07, 6.45) is 9.00. The molecule has 0 aliphatic heterocycles. The Kier molecular flexibility index (Phi) is 4.26. The molecule has 1 aromatic rings. The number of rotatable bonds is 4. The number of hydrogen-bond donors (Lipinski definition) is 1. The van der Waals surface area contributed by atoms with E-state index in [1.165, 1.54) is 41.9 Å². The van der Waals surface area contributed by atoms with Crippen LogP contribution in [0.25, 0.3) is 0 Å². The molecule has 2 N–H and O–H groups in total. The molecule has 1 nitrogen and oxygen atoms in total. The molecule has 2 heteroatoms. The third kappa shape index (κ3) is 3.11. The lowest BCUT2D eigenvalue weighted by molar-refractivity contribution is 0.169. The van der Waals surface area contributed by atoms with Crippen molar-refractivity contribution in [3.8, 4) is 0 Å². The van der Waals surface area contributed by atoms with Gasteiger partial charge in [-0.25, -0.2) is 0 Å². The fourth-order valence-corrected chi connectivity index (χ4v) is 3.93. The van der Waals surface area contributed by atoms with Crippen molar-refractivity contribution >= 4 is 11.3 Å². The Bertz CT molecular complexity index is 350. The van der Waals surface area contributed by atoms with Crippen LogP contribution in [0.3, 0.4) is 0 Å². The topological polar surface area (TPSA) is 26.0 Å². The van der Waals surface area contributed by atoms with E-state index in [1.807, 2.05) is 11.3 Å². The lowest BCUT2D eigenvalue weighted by Crippen LogP contribution is -2.42. The van der Waals surface area contributed by atoms with E-state index in [0.29, 0.717) is 11.5 Å². The zero-order valence-corrected chi connectivity index (χ0v) is 12.0. The Labute approximate surface area is 109 Å². The van der Waals surface area contributed by atoms with Crippen molar-refractivity contribution in [2.75, 3.05) is 0 Å². The molecule has 0 radical (unpaired) electrons. The summed E-state index contributed by atoms with van der Waals surface area (Å²) < 4.78 is 0. The molecular weight excluding hydrogens is 226 g/mol. The molecule has 1 heterocycles. The predicted molar refractivity (Wildman–Crippen MR) is 76.6 cm³/mol. The van der Waals surface area contributed by atoms with Gasteiger partial charge in [-0.05, 0) is 43.2 Å². The average Bonchev–Trinajstić information content (AvgIpc) is 2.78. The van der Waals surface area contributed by atoms with Gasteiger partial charge >= 0.3 is 0 Å². The van der Waals surface area contributed by atoms with Crippen molar-refractivity contribution < 1.29 is 0 Å². The van der Waals surface area contributed by atoms with Gasteiger partial charge in [-0.3, -0.25) is 0 Å². The van der Waals surface area contributed by atoms with E-state index < -0.39 is 0 Å². The normalized spacial score (nSPS) is 21.4. The molecule has 0 saturated heterocycles. The van der Waals surface area contributed by atoms with E-state index in [9.17, 15) is 0 Å². The SMILES string of the molecule is CCc1ccc(CC(N)C2(C)CCCCC2)s1. The van der Waals surface area contributed by atoms with E-state index >= 15 is 0 Å². The van der Waals surface area contributed by atoms with Crippen molar-refractivity contribution in [2.45, 2.75) is 64.8 Å². The Balaban J connectivity index is 1.97. The third-order valence-electron chi connectivity index (χ3n) is 4.38. The standard InChI is InChI=1S/C15H25NS/c1-3-12-7-8-13(17-12)11-14(16)15(2)9-5-4-6-10-15/h7-8,14H,3-6,9-11,16H2,1-2H3. The van der Waals surface area contributed by atoms with Crippen LogP contribution in [-0.4, -0.2) is 6.04 Å². The molecule has 0 aromatic carbocycles. The van der Waals surface area contributed by atoms with Crippen molar-refractivity contribution in [3.05, 3.63) is 21.9 Å². The maximum absolute atomic E-state index is 6.47. The first-order valence-electron chi connectivity index (χ1n) is 6.97. The van der Waals surface area contributed by atoms with Gasteiger partial charge in [0.05, 0.1) is 0 Å². The molecule has 0 bridgehead atoms. The Morgan fingerprint density at radius 1 is 1.24 bits per heavy atom. The van der Waals surface area contributed by atoms with E-state index in [0.717, 1.165) is 12.8 Å². The lowest BCUT2D eigenvalue weighted by Gasteiger charge is -2.38. The third-order valence-corrected chi connectivity index (χ3v) is 5.63. The fraction of sp³-hybridized carbons (Fsp3) is 0.733. The number of hydrogen-bond acceptors (Lipinski definition) is 2. The van der Waals surface area contributed by atoms with E-state index in [2.05, 4.69) is 26.0 Å². The lowest BCUT2D eigenvalue weighted by atomic mass is 9.70. The summed E-state index contributed by atoms with van der Waals surface area (Å²) >= 11 is 1.94. The van der Waals surface area contributed by atoms with Crippen molar-refractivity contribution in [3.63, 3.8) is 0 Å². The van der Waals surface area contributed by atoms with Crippen LogP contribution in [-0.2, 0) is 12.8 Å². The van der Waals surface area contributed by atoms with Crippen molar-refractivity contribution in [1.82, 2.24) is 0 Å². The maximum Gasteiger partial charge on any atom is 0.0141 e. The van der Waals surface area contributed by atoms with Crippen LogP contribution >= 0.6 is 11.3 Å². The second-order valence-corrected chi connectivity index (χ2v) is 7.00. The number of nitrogens with two attached hydrogens (primary N) is 1. The molecule has 2 rings (SSSR count). The molecule has 1 atom stereocenters. The minimum atomic E-state index is 0.339. The Morgan fingerprint density at radius 3 is 2.47 bits per heavy atom. The van der Waals surface area contributed by atoms with Crippen LogP contribution in [0, 0.1) is 5.41 Å². The van der Waals surface area contributed by atoms with Gasteiger partial charge in [-0.1, -0.05) is 33.1 Å². The molecule has 96 valence electrons.